The Labute approximate surface area is 174 Å². The fraction of sp³-hybridized carbons (Fsp3) is 0.619. The minimum Gasteiger partial charge on any atom is -0.461 e. The number of carbonyl (C=O) groups excluding carboxylic acids is 2. The van der Waals surface area contributed by atoms with E-state index in [0.29, 0.717) is 33.2 Å². The third kappa shape index (κ3) is 5.04. The minimum atomic E-state index is -0.448. The van der Waals surface area contributed by atoms with Gasteiger partial charge in [-0.1, -0.05) is 27.2 Å². The van der Waals surface area contributed by atoms with Crippen molar-refractivity contribution in [3.63, 3.8) is 0 Å². The highest BCUT2D eigenvalue weighted by molar-refractivity contribution is 7.20. The number of rotatable bonds is 6. The molecule has 1 aliphatic carbocycles. The predicted molar refractivity (Wildman–Crippen MR) is 111 cm³/mol. The van der Waals surface area contributed by atoms with Crippen molar-refractivity contribution < 1.29 is 19.1 Å². The van der Waals surface area contributed by atoms with E-state index in [2.05, 4.69) is 11.9 Å². The second kappa shape index (κ2) is 9.07. The Morgan fingerprint density at radius 3 is 2.79 bits per heavy atom. The topological polar surface area (TPSA) is 87.5 Å². The van der Waals surface area contributed by atoms with Crippen molar-refractivity contribution in [1.29, 1.82) is 0 Å². The van der Waals surface area contributed by atoms with Gasteiger partial charge in [0.2, 0.25) is 0 Å². The molecule has 158 valence electrons. The van der Waals surface area contributed by atoms with Gasteiger partial charge in [-0.3, -0.25) is 14.2 Å². The van der Waals surface area contributed by atoms with Crippen molar-refractivity contribution in [2.45, 2.75) is 66.0 Å². The number of hydrogen-bond acceptors (Lipinski definition) is 7. The second-order valence-electron chi connectivity index (χ2n) is 8.29. The van der Waals surface area contributed by atoms with Crippen molar-refractivity contribution >= 4 is 33.5 Å². The van der Waals surface area contributed by atoms with E-state index < -0.39 is 11.9 Å². The number of hydrogen-bond donors (Lipinski definition) is 0. The van der Waals surface area contributed by atoms with Gasteiger partial charge in [0.1, 0.15) is 22.4 Å². The molecule has 2 aromatic heterocycles. The van der Waals surface area contributed by atoms with Crippen LogP contribution in [0.1, 0.15) is 61.7 Å². The zero-order chi connectivity index (χ0) is 21.1. The van der Waals surface area contributed by atoms with Gasteiger partial charge in [-0.2, -0.15) is 0 Å². The van der Waals surface area contributed by atoms with Crippen LogP contribution in [0.5, 0.6) is 0 Å². The molecule has 0 aliphatic heterocycles. The van der Waals surface area contributed by atoms with E-state index in [4.69, 9.17) is 9.47 Å². The Hall–Kier alpha value is -2.22. The molecule has 2 atom stereocenters. The summed E-state index contributed by atoms with van der Waals surface area (Å²) in [5, 5.41) is 0.355. The summed E-state index contributed by atoms with van der Waals surface area (Å²) in [6.45, 7) is 7.91. The average molecular weight is 421 g/mol. The van der Waals surface area contributed by atoms with Crippen molar-refractivity contribution in [3.8, 4) is 0 Å². The Morgan fingerprint density at radius 1 is 1.34 bits per heavy atom. The lowest BCUT2D eigenvalue weighted by atomic mass is 9.89. The van der Waals surface area contributed by atoms with Gasteiger partial charge in [0.25, 0.3) is 5.56 Å². The maximum Gasteiger partial charge on any atom is 0.348 e. The third-order valence-electron chi connectivity index (χ3n) is 5.14. The summed E-state index contributed by atoms with van der Waals surface area (Å²) < 4.78 is 12.1. The number of esters is 2. The summed E-state index contributed by atoms with van der Waals surface area (Å²) >= 11 is 1.14. The molecule has 0 amide bonds. The lowest BCUT2D eigenvalue weighted by Gasteiger charge is -2.26. The molecule has 0 aromatic carbocycles. The Morgan fingerprint density at radius 2 is 2.10 bits per heavy atom. The molecular weight excluding hydrogens is 392 g/mol. The van der Waals surface area contributed by atoms with Gasteiger partial charge >= 0.3 is 11.9 Å². The Bertz CT molecular complexity index is 962. The van der Waals surface area contributed by atoms with Crippen LogP contribution in [0, 0.1) is 18.8 Å². The highest BCUT2D eigenvalue weighted by atomic mass is 32.1. The Kier molecular flexibility index (Phi) is 6.72. The molecule has 3 rings (SSSR count). The predicted octanol–water partition coefficient (Wildman–Crippen LogP) is 3.70. The zero-order valence-corrected chi connectivity index (χ0v) is 18.2. The summed E-state index contributed by atoms with van der Waals surface area (Å²) in [5.74, 6) is -0.112. The molecule has 1 saturated carbocycles. The van der Waals surface area contributed by atoms with E-state index in [1.165, 1.54) is 10.9 Å². The van der Waals surface area contributed by atoms with Crippen molar-refractivity contribution in [2.75, 3.05) is 6.61 Å². The summed E-state index contributed by atoms with van der Waals surface area (Å²) in [5.41, 5.74) is 0.195. The van der Waals surface area contributed by atoms with Crippen molar-refractivity contribution in [3.05, 3.63) is 27.1 Å². The summed E-state index contributed by atoms with van der Waals surface area (Å²) in [6.07, 6.45) is 5.21. The average Bonchev–Trinajstić information content (AvgIpc) is 2.99. The first-order valence-electron chi connectivity index (χ1n) is 10.1. The SMILES string of the molecule is Cc1c(C(=O)OCC(C)C)sc2ncn(CC(=O)O[C@@H]3CCC[C@@H](C)C3)c(=O)c12. The van der Waals surface area contributed by atoms with Gasteiger partial charge in [-0.25, -0.2) is 9.78 Å². The fourth-order valence-electron chi connectivity index (χ4n) is 3.62. The number of nitrogens with zero attached hydrogens (tertiary/aromatic N) is 2. The first-order valence-corrected chi connectivity index (χ1v) is 10.9. The van der Waals surface area contributed by atoms with Gasteiger partial charge in [0.15, 0.2) is 0 Å². The van der Waals surface area contributed by atoms with E-state index in [-0.39, 0.29) is 24.1 Å². The maximum absolute atomic E-state index is 12.9. The van der Waals surface area contributed by atoms with Gasteiger partial charge < -0.3 is 9.47 Å². The third-order valence-corrected chi connectivity index (χ3v) is 6.32. The monoisotopic (exact) mass is 420 g/mol. The lowest BCUT2D eigenvalue weighted by molar-refractivity contribution is -0.152. The van der Waals surface area contributed by atoms with Crippen LogP contribution in [0.4, 0.5) is 0 Å². The molecular formula is C21H28N2O5S. The van der Waals surface area contributed by atoms with E-state index >= 15 is 0 Å². The molecule has 0 radical (unpaired) electrons. The maximum atomic E-state index is 12.9. The fourth-order valence-corrected chi connectivity index (χ4v) is 4.66. The van der Waals surface area contributed by atoms with Crippen LogP contribution in [-0.4, -0.2) is 34.2 Å². The standard InChI is InChI=1S/C21H28N2O5S/c1-12(2)10-27-21(26)18-14(4)17-19(29-18)22-11-23(20(17)25)9-16(24)28-15-7-5-6-13(3)8-15/h11-13,15H,5-10H2,1-4H3/t13-,15-/m1/s1. The largest absolute Gasteiger partial charge is 0.461 e. The molecule has 2 aromatic rings. The van der Waals surface area contributed by atoms with Crippen molar-refractivity contribution in [1.82, 2.24) is 9.55 Å². The number of aryl methyl sites for hydroxylation is 1. The summed E-state index contributed by atoms with van der Waals surface area (Å²) in [6, 6.07) is 0. The van der Waals surface area contributed by atoms with Crippen LogP contribution in [0.25, 0.3) is 10.2 Å². The molecule has 1 aliphatic rings. The molecule has 0 bridgehead atoms. The first kappa shape index (κ1) is 21.5. The highest BCUT2D eigenvalue weighted by Gasteiger charge is 2.24. The highest BCUT2D eigenvalue weighted by Crippen LogP contribution is 2.28. The lowest BCUT2D eigenvalue weighted by Crippen LogP contribution is -2.30. The number of fused-ring (bicyclic) bond motifs is 1. The normalized spacial score (nSPS) is 19.5. The van der Waals surface area contributed by atoms with Crippen LogP contribution in [0.2, 0.25) is 0 Å². The number of carbonyl (C=O) groups is 2. The van der Waals surface area contributed by atoms with E-state index in [9.17, 15) is 14.4 Å². The number of ether oxygens (including phenoxy) is 2. The molecule has 0 N–H and O–H groups in total. The molecule has 0 saturated heterocycles. The van der Waals surface area contributed by atoms with Crippen LogP contribution in [-0.2, 0) is 20.8 Å². The molecule has 7 nitrogen and oxygen atoms in total. The first-order chi connectivity index (χ1) is 13.8. The van der Waals surface area contributed by atoms with Crippen LogP contribution in [0.3, 0.4) is 0 Å². The van der Waals surface area contributed by atoms with E-state index in [1.807, 2.05) is 13.8 Å². The van der Waals surface area contributed by atoms with Crippen LogP contribution < -0.4 is 5.56 Å². The minimum absolute atomic E-state index is 0.0798. The molecule has 0 spiro atoms. The van der Waals surface area contributed by atoms with Gasteiger partial charge in [-0.15, -0.1) is 11.3 Å². The van der Waals surface area contributed by atoms with Gasteiger partial charge in [-0.05, 0) is 43.6 Å². The van der Waals surface area contributed by atoms with Crippen molar-refractivity contribution in [2.24, 2.45) is 11.8 Å². The van der Waals surface area contributed by atoms with Crippen LogP contribution >= 0.6 is 11.3 Å². The van der Waals surface area contributed by atoms with Crippen LogP contribution in [0.15, 0.2) is 11.1 Å². The number of aromatic nitrogens is 2. The quantitative estimate of drug-likeness (QED) is 0.662. The second-order valence-corrected chi connectivity index (χ2v) is 9.29. The van der Waals surface area contributed by atoms with Gasteiger partial charge in [0, 0.05) is 0 Å². The molecule has 0 unspecified atom stereocenters. The smallest absolute Gasteiger partial charge is 0.348 e. The Balaban J connectivity index is 1.77. The summed E-state index contributed by atoms with van der Waals surface area (Å²) in [4.78, 5) is 42.7. The molecule has 29 heavy (non-hydrogen) atoms. The van der Waals surface area contributed by atoms with E-state index in [0.717, 1.165) is 37.0 Å². The molecule has 1 fully saturated rings. The van der Waals surface area contributed by atoms with Gasteiger partial charge in [0.05, 0.1) is 18.3 Å². The van der Waals surface area contributed by atoms with E-state index in [1.54, 1.807) is 6.92 Å². The molecule has 2 heterocycles. The number of thiophene rings is 1. The summed E-state index contributed by atoms with van der Waals surface area (Å²) in [7, 11) is 0. The zero-order valence-electron chi connectivity index (χ0n) is 17.4. The molecule has 8 heteroatoms.